The predicted molar refractivity (Wildman–Crippen MR) is 40.1 cm³/mol. The number of aliphatic hydroxyl groups is 1. The minimum absolute atomic E-state index is 0.227. The molecule has 1 heterocycles. The molecule has 1 unspecified atom stereocenters. The van der Waals surface area contributed by atoms with Crippen LogP contribution >= 0.6 is 0 Å². The van der Waals surface area contributed by atoms with Gasteiger partial charge in [0, 0.05) is 0 Å². The van der Waals surface area contributed by atoms with E-state index in [2.05, 4.69) is 0 Å². The standard InChI is InChI=1S/C8H12O3/c1-4-8(3)7(10)6(9)5(2)11-8/h9H,4H2,1-3H3. The third-order valence-electron chi connectivity index (χ3n) is 2.08. The monoisotopic (exact) mass is 156 g/mol. The maximum absolute atomic E-state index is 11.2. The van der Waals surface area contributed by atoms with Crippen LogP contribution in [-0.4, -0.2) is 16.5 Å². The number of ether oxygens (including phenoxy) is 1. The van der Waals surface area contributed by atoms with E-state index in [0.717, 1.165) is 0 Å². The van der Waals surface area contributed by atoms with Gasteiger partial charge in [-0.3, -0.25) is 4.79 Å². The van der Waals surface area contributed by atoms with Crippen molar-refractivity contribution in [2.45, 2.75) is 32.8 Å². The van der Waals surface area contributed by atoms with Crippen LogP contribution in [0.25, 0.3) is 0 Å². The number of ketones is 1. The fourth-order valence-electron chi connectivity index (χ4n) is 1.08. The molecule has 3 heteroatoms. The molecule has 0 aromatic rings. The van der Waals surface area contributed by atoms with E-state index in [0.29, 0.717) is 12.2 Å². The second-order valence-electron chi connectivity index (χ2n) is 2.92. The first-order valence-electron chi connectivity index (χ1n) is 3.65. The quantitative estimate of drug-likeness (QED) is 0.626. The Labute approximate surface area is 65.7 Å². The number of Topliss-reactive ketones (excluding diaryl/α,β-unsaturated/α-hetero) is 1. The van der Waals surface area contributed by atoms with E-state index in [1.165, 1.54) is 0 Å². The Morgan fingerprint density at radius 3 is 2.36 bits per heavy atom. The van der Waals surface area contributed by atoms with Crippen molar-refractivity contribution in [3.63, 3.8) is 0 Å². The van der Waals surface area contributed by atoms with Crippen LogP contribution in [0, 0.1) is 0 Å². The van der Waals surface area contributed by atoms with Gasteiger partial charge in [0.15, 0.2) is 5.60 Å². The molecule has 0 saturated carbocycles. The van der Waals surface area contributed by atoms with E-state index < -0.39 is 5.60 Å². The minimum atomic E-state index is -0.825. The Kier molecular flexibility index (Phi) is 1.66. The van der Waals surface area contributed by atoms with Crippen LogP contribution in [0.5, 0.6) is 0 Å². The molecule has 1 N–H and O–H groups in total. The third kappa shape index (κ3) is 1.00. The molecule has 0 aromatic heterocycles. The van der Waals surface area contributed by atoms with Gasteiger partial charge in [-0.1, -0.05) is 6.92 Å². The molecule has 1 aliphatic heterocycles. The zero-order valence-electron chi connectivity index (χ0n) is 6.97. The lowest BCUT2D eigenvalue weighted by molar-refractivity contribution is -0.130. The molecule has 0 radical (unpaired) electrons. The summed E-state index contributed by atoms with van der Waals surface area (Å²) < 4.78 is 5.20. The maximum Gasteiger partial charge on any atom is 0.243 e. The SMILES string of the molecule is CCC1(C)OC(C)=C(O)C1=O. The molecule has 0 spiro atoms. The molecule has 1 rings (SSSR count). The van der Waals surface area contributed by atoms with Gasteiger partial charge in [0.25, 0.3) is 0 Å². The lowest BCUT2D eigenvalue weighted by atomic mass is 9.98. The highest BCUT2D eigenvalue weighted by molar-refractivity contribution is 6.01. The topological polar surface area (TPSA) is 46.5 Å². The molecule has 0 amide bonds. The van der Waals surface area contributed by atoms with Gasteiger partial charge < -0.3 is 9.84 Å². The molecule has 0 bridgehead atoms. The van der Waals surface area contributed by atoms with Crippen LogP contribution < -0.4 is 0 Å². The van der Waals surface area contributed by atoms with Crippen LogP contribution in [0.15, 0.2) is 11.5 Å². The number of hydrogen-bond donors (Lipinski definition) is 1. The van der Waals surface area contributed by atoms with Gasteiger partial charge in [0.05, 0.1) is 0 Å². The molecule has 1 atom stereocenters. The second-order valence-corrected chi connectivity index (χ2v) is 2.92. The highest BCUT2D eigenvalue weighted by Crippen LogP contribution is 2.30. The summed E-state index contributed by atoms with van der Waals surface area (Å²) in [6, 6.07) is 0. The van der Waals surface area contributed by atoms with E-state index in [9.17, 15) is 4.79 Å². The fraction of sp³-hybridized carbons (Fsp3) is 0.625. The number of carbonyl (C=O) groups excluding carboxylic acids is 1. The summed E-state index contributed by atoms with van der Waals surface area (Å²) in [4.78, 5) is 11.2. The fourth-order valence-corrected chi connectivity index (χ4v) is 1.08. The van der Waals surface area contributed by atoms with E-state index in [-0.39, 0.29) is 11.5 Å². The first kappa shape index (κ1) is 8.11. The zero-order chi connectivity index (χ0) is 8.65. The van der Waals surface area contributed by atoms with Crippen LogP contribution in [0.1, 0.15) is 27.2 Å². The van der Waals surface area contributed by atoms with Crippen molar-refractivity contribution >= 4 is 5.78 Å². The summed E-state index contributed by atoms with van der Waals surface area (Å²) in [6.07, 6.45) is 0.577. The summed E-state index contributed by atoms with van der Waals surface area (Å²) in [7, 11) is 0. The Bertz CT molecular complexity index is 229. The molecule has 62 valence electrons. The summed E-state index contributed by atoms with van der Waals surface area (Å²) in [6.45, 7) is 5.12. The second kappa shape index (κ2) is 2.26. The van der Waals surface area contributed by atoms with Crippen molar-refractivity contribution in [1.82, 2.24) is 0 Å². The smallest absolute Gasteiger partial charge is 0.243 e. The van der Waals surface area contributed by atoms with Gasteiger partial charge in [-0.05, 0) is 20.3 Å². The Hall–Kier alpha value is -0.990. The van der Waals surface area contributed by atoms with Gasteiger partial charge in [-0.15, -0.1) is 0 Å². The van der Waals surface area contributed by atoms with Crippen molar-refractivity contribution < 1.29 is 14.6 Å². The van der Waals surface area contributed by atoms with Crippen LogP contribution in [0.4, 0.5) is 0 Å². The number of rotatable bonds is 1. The lowest BCUT2D eigenvalue weighted by Crippen LogP contribution is -2.32. The van der Waals surface area contributed by atoms with Crippen LogP contribution in [0.2, 0.25) is 0 Å². The Morgan fingerprint density at radius 1 is 1.64 bits per heavy atom. The molecule has 0 saturated heterocycles. The number of hydrogen-bond acceptors (Lipinski definition) is 3. The molecular weight excluding hydrogens is 144 g/mol. The minimum Gasteiger partial charge on any atom is -0.502 e. The average Bonchev–Trinajstić information content (AvgIpc) is 2.17. The van der Waals surface area contributed by atoms with Gasteiger partial charge in [0.1, 0.15) is 5.76 Å². The Morgan fingerprint density at radius 2 is 2.18 bits per heavy atom. The summed E-state index contributed by atoms with van der Waals surface area (Å²) in [5, 5.41) is 9.14. The summed E-state index contributed by atoms with van der Waals surface area (Å²) in [5.41, 5.74) is -0.825. The third-order valence-corrected chi connectivity index (χ3v) is 2.08. The van der Waals surface area contributed by atoms with E-state index in [1.807, 2.05) is 6.92 Å². The molecule has 0 fully saturated rings. The molecule has 0 aliphatic carbocycles. The van der Waals surface area contributed by atoms with Crippen LogP contribution in [-0.2, 0) is 9.53 Å². The molecule has 1 aliphatic rings. The van der Waals surface area contributed by atoms with Crippen LogP contribution in [0.3, 0.4) is 0 Å². The number of allylic oxidation sites excluding steroid dienone is 1. The van der Waals surface area contributed by atoms with Crippen molar-refractivity contribution in [3.05, 3.63) is 11.5 Å². The molecule has 0 aromatic carbocycles. The molecule has 11 heavy (non-hydrogen) atoms. The number of aliphatic hydroxyl groups excluding tert-OH is 1. The largest absolute Gasteiger partial charge is 0.502 e. The van der Waals surface area contributed by atoms with Crippen molar-refractivity contribution in [3.8, 4) is 0 Å². The van der Waals surface area contributed by atoms with Gasteiger partial charge in [-0.25, -0.2) is 0 Å². The van der Waals surface area contributed by atoms with Gasteiger partial charge in [-0.2, -0.15) is 0 Å². The first-order chi connectivity index (χ1) is 5.01. The van der Waals surface area contributed by atoms with Gasteiger partial charge in [0.2, 0.25) is 11.5 Å². The Balaban J connectivity index is 2.95. The predicted octanol–water partition coefficient (Wildman–Crippen LogP) is 1.54. The highest BCUT2D eigenvalue weighted by Gasteiger charge is 2.42. The van der Waals surface area contributed by atoms with Gasteiger partial charge >= 0.3 is 0 Å². The summed E-state index contributed by atoms with van der Waals surface area (Å²) in [5.74, 6) is -0.203. The first-order valence-corrected chi connectivity index (χ1v) is 3.65. The molecule has 3 nitrogen and oxygen atoms in total. The normalized spacial score (nSPS) is 31.0. The zero-order valence-corrected chi connectivity index (χ0v) is 6.97. The van der Waals surface area contributed by atoms with Crippen molar-refractivity contribution in [2.75, 3.05) is 0 Å². The maximum atomic E-state index is 11.2. The summed E-state index contributed by atoms with van der Waals surface area (Å²) >= 11 is 0. The molecular formula is C8H12O3. The number of carbonyl (C=O) groups is 1. The van der Waals surface area contributed by atoms with E-state index in [4.69, 9.17) is 9.84 Å². The van der Waals surface area contributed by atoms with Crippen molar-refractivity contribution in [1.29, 1.82) is 0 Å². The van der Waals surface area contributed by atoms with E-state index in [1.54, 1.807) is 13.8 Å². The lowest BCUT2D eigenvalue weighted by Gasteiger charge is -2.19. The van der Waals surface area contributed by atoms with E-state index >= 15 is 0 Å². The average molecular weight is 156 g/mol. The highest BCUT2D eigenvalue weighted by atomic mass is 16.5. The van der Waals surface area contributed by atoms with Crippen molar-refractivity contribution in [2.24, 2.45) is 0 Å².